The van der Waals surface area contributed by atoms with E-state index in [4.69, 9.17) is 0 Å². The second kappa shape index (κ2) is 7.75. The van der Waals surface area contributed by atoms with E-state index in [0.717, 1.165) is 12.8 Å². The Kier molecular flexibility index (Phi) is 5.94. The predicted molar refractivity (Wildman–Crippen MR) is 96.7 cm³/mol. The molecule has 128 valence electrons. The first-order valence-corrected chi connectivity index (χ1v) is 8.68. The summed E-state index contributed by atoms with van der Waals surface area (Å²) >= 11 is 6.30. The van der Waals surface area contributed by atoms with Crippen LogP contribution in [0.3, 0.4) is 0 Å². The Morgan fingerprint density at radius 1 is 1.29 bits per heavy atom. The number of nitro groups is 1. The van der Waals surface area contributed by atoms with Crippen molar-refractivity contribution in [3.63, 3.8) is 0 Å². The first-order valence-electron chi connectivity index (χ1n) is 7.09. The average molecular weight is 462 g/mol. The van der Waals surface area contributed by atoms with Gasteiger partial charge >= 0.3 is 5.69 Å². The standard InChI is InChI=1S/C14H14Br2N4O4/c1-2-3-4-17-6-7-13(21)18-9-5-8(15)10(16)12(20(23)24)11(9)19-14(7)22/h5-6,17H,2-4H2,1H3,(H,18,21)(H,19,22). The Bertz CT molecular complexity index is 749. The van der Waals surface area contributed by atoms with E-state index in [2.05, 4.69) is 47.8 Å². The lowest BCUT2D eigenvalue weighted by atomic mass is 10.2. The fourth-order valence-corrected chi connectivity index (χ4v) is 2.94. The highest BCUT2D eigenvalue weighted by Crippen LogP contribution is 2.44. The number of hydrogen-bond acceptors (Lipinski definition) is 5. The van der Waals surface area contributed by atoms with Crippen molar-refractivity contribution in [2.24, 2.45) is 0 Å². The lowest BCUT2D eigenvalue weighted by Gasteiger charge is -2.09. The van der Waals surface area contributed by atoms with Crippen LogP contribution in [0.2, 0.25) is 0 Å². The molecule has 0 bridgehead atoms. The van der Waals surface area contributed by atoms with E-state index >= 15 is 0 Å². The molecule has 0 aliphatic carbocycles. The Labute approximate surface area is 154 Å². The number of rotatable bonds is 5. The van der Waals surface area contributed by atoms with Crippen molar-refractivity contribution in [2.45, 2.75) is 19.8 Å². The quantitative estimate of drug-likeness (QED) is 0.205. The van der Waals surface area contributed by atoms with Gasteiger partial charge in [0.05, 0.1) is 10.6 Å². The Morgan fingerprint density at radius 3 is 2.58 bits per heavy atom. The summed E-state index contributed by atoms with van der Waals surface area (Å²) in [5.74, 6) is -1.36. The molecule has 0 saturated carbocycles. The first kappa shape index (κ1) is 18.4. The summed E-state index contributed by atoms with van der Waals surface area (Å²) in [4.78, 5) is 35.2. The third-order valence-electron chi connectivity index (χ3n) is 3.27. The fraction of sp³-hybridized carbons (Fsp3) is 0.286. The number of benzene rings is 1. The van der Waals surface area contributed by atoms with Crippen molar-refractivity contribution in [1.29, 1.82) is 0 Å². The van der Waals surface area contributed by atoms with Gasteiger partial charge in [-0.3, -0.25) is 19.7 Å². The predicted octanol–water partition coefficient (Wildman–Crippen LogP) is 3.28. The highest BCUT2D eigenvalue weighted by Gasteiger charge is 2.32. The maximum Gasteiger partial charge on any atom is 0.310 e. The monoisotopic (exact) mass is 460 g/mol. The number of carbonyl (C=O) groups is 2. The summed E-state index contributed by atoms with van der Waals surface area (Å²) in [6.45, 7) is 2.64. The number of carbonyl (C=O) groups excluding carboxylic acids is 2. The number of nitro benzene ring substituents is 1. The van der Waals surface area contributed by atoms with Gasteiger partial charge < -0.3 is 16.0 Å². The average Bonchev–Trinajstić information content (AvgIpc) is 2.61. The number of amides is 2. The first-order chi connectivity index (χ1) is 11.4. The van der Waals surface area contributed by atoms with Crippen molar-refractivity contribution in [3.05, 3.63) is 36.9 Å². The van der Waals surface area contributed by atoms with E-state index in [1.54, 1.807) is 0 Å². The van der Waals surface area contributed by atoms with Crippen LogP contribution in [0.5, 0.6) is 0 Å². The molecule has 1 heterocycles. The maximum absolute atomic E-state index is 12.3. The van der Waals surface area contributed by atoms with Crippen molar-refractivity contribution in [3.8, 4) is 0 Å². The SMILES string of the molecule is CCCCNC=C1C(=O)Nc2cc(Br)c(Br)c([N+](=O)[O-])c2NC1=O. The van der Waals surface area contributed by atoms with Crippen LogP contribution < -0.4 is 16.0 Å². The van der Waals surface area contributed by atoms with E-state index in [1.165, 1.54) is 12.3 Å². The second-order valence-electron chi connectivity index (χ2n) is 4.97. The molecule has 0 atom stereocenters. The highest BCUT2D eigenvalue weighted by atomic mass is 79.9. The number of unbranched alkanes of at least 4 members (excludes halogenated alkanes) is 1. The van der Waals surface area contributed by atoms with Crippen molar-refractivity contribution >= 4 is 60.7 Å². The van der Waals surface area contributed by atoms with Crippen LogP contribution in [0, 0.1) is 10.1 Å². The zero-order valence-electron chi connectivity index (χ0n) is 12.6. The van der Waals surface area contributed by atoms with Crippen molar-refractivity contribution < 1.29 is 14.5 Å². The summed E-state index contributed by atoms with van der Waals surface area (Å²) in [5.41, 5.74) is -0.408. The van der Waals surface area contributed by atoms with Gasteiger partial charge in [-0.1, -0.05) is 13.3 Å². The van der Waals surface area contributed by atoms with Gasteiger partial charge in [0, 0.05) is 17.2 Å². The molecule has 0 radical (unpaired) electrons. The van der Waals surface area contributed by atoms with E-state index < -0.39 is 16.7 Å². The lowest BCUT2D eigenvalue weighted by Crippen LogP contribution is -2.24. The van der Waals surface area contributed by atoms with Crippen molar-refractivity contribution in [1.82, 2.24) is 5.32 Å². The third kappa shape index (κ3) is 3.75. The van der Waals surface area contributed by atoms with Crippen LogP contribution >= 0.6 is 31.9 Å². The molecule has 1 aliphatic rings. The molecule has 8 nitrogen and oxygen atoms in total. The van der Waals surface area contributed by atoms with Crippen LogP contribution in [0.4, 0.5) is 17.1 Å². The normalized spacial score (nSPS) is 15.4. The molecule has 2 amide bonds. The van der Waals surface area contributed by atoms with Gasteiger partial charge in [0.15, 0.2) is 0 Å². The molecule has 0 fully saturated rings. The maximum atomic E-state index is 12.3. The second-order valence-corrected chi connectivity index (χ2v) is 6.62. The Morgan fingerprint density at radius 2 is 1.96 bits per heavy atom. The topological polar surface area (TPSA) is 113 Å². The van der Waals surface area contributed by atoms with Gasteiger partial charge in [0.25, 0.3) is 11.8 Å². The molecule has 0 unspecified atom stereocenters. The van der Waals surface area contributed by atoms with Gasteiger partial charge in [-0.25, -0.2) is 0 Å². The summed E-state index contributed by atoms with van der Waals surface area (Å²) in [6, 6.07) is 1.48. The molecule has 24 heavy (non-hydrogen) atoms. The van der Waals surface area contributed by atoms with Gasteiger partial charge in [-0.05, 0) is 44.3 Å². The lowest BCUT2D eigenvalue weighted by molar-refractivity contribution is -0.384. The molecule has 3 N–H and O–H groups in total. The largest absolute Gasteiger partial charge is 0.390 e. The molecular weight excluding hydrogens is 448 g/mol. The molecule has 1 aromatic rings. The van der Waals surface area contributed by atoms with E-state index in [9.17, 15) is 19.7 Å². The van der Waals surface area contributed by atoms with Crippen LogP contribution in [-0.4, -0.2) is 23.3 Å². The number of fused-ring (bicyclic) bond motifs is 1. The highest BCUT2D eigenvalue weighted by molar-refractivity contribution is 9.13. The molecular formula is C14H14Br2N4O4. The number of nitrogens with one attached hydrogen (secondary N) is 3. The van der Waals surface area contributed by atoms with Gasteiger partial charge in [-0.15, -0.1) is 0 Å². The van der Waals surface area contributed by atoms with Crippen LogP contribution in [0.25, 0.3) is 0 Å². The molecule has 0 saturated heterocycles. The van der Waals surface area contributed by atoms with E-state index in [0.29, 0.717) is 11.0 Å². The molecule has 2 rings (SSSR count). The number of halogens is 2. The summed E-state index contributed by atoms with van der Waals surface area (Å²) in [7, 11) is 0. The van der Waals surface area contributed by atoms with Gasteiger partial charge in [0.1, 0.15) is 15.7 Å². The van der Waals surface area contributed by atoms with Crippen LogP contribution in [0.1, 0.15) is 19.8 Å². The molecule has 1 aromatic carbocycles. The molecule has 10 heteroatoms. The minimum Gasteiger partial charge on any atom is -0.390 e. The zero-order valence-corrected chi connectivity index (χ0v) is 15.8. The minimum absolute atomic E-state index is 0.0645. The number of nitrogens with zero attached hydrogens (tertiary/aromatic N) is 1. The van der Waals surface area contributed by atoms with E-state index in [1.807, 2.05) is 6.92 Å². The Balaban J connectivity index is 2.43. The number of hydrogen-bond donors (Lipinski definition) is 3. The summed E-state index contributed by atoms with van der Waals surface area (Å²) in [5, 5.41) is 19.2. The molecule has 0 spiro atoms. The zero-order chi connectivity index (χ0) is 17.9. The third-order valence-corrected chi connectivity index (χ3v) is 5.23. The fourth-order valence-electron chi connectivity index (χ4n) is 2.07. The van der Waals surface area contributed by atoms with Crippen molar-refractivity contribution in [2.75, 3.05) is 17.2 Å². The minimum atomic E-state index is -0.715. The van der Waals surface area contributed by atoms with Gasteiger partial charge in [0.2, 0.25) is 0 Å². The molecule has 0 aromatic heterocycles. The Hall–Kier alpha value is -1.94. The summed E-state index contributed by atoms with van der Waals surface area (Å²) in [6.07, 6.45) is 3.18. The molecule has 1 aliphatic heterocycles. The number of anilines is 2. The van der Waals surface area contributed by atoms with Crippen LogP contribution in [-0.2, 0) is 9.59 Å². The smallest absolute Gasteiger partial charge is 0.310 e. The van der Waals surface area contributed by atoms with E-state index in [-0.39, 0.29) is 27.1 Å². The van der Waals surface area contributed by atoms with Gasteiger partial charge in [-0.2, -0.15) is 0 Å². The van der Waals surface area contributed by atoms with Crippen LogP contribution in [0.15, 0.2) is 26.8 Å². The summed E-state index contributed by atoms with van der Waals surface area (Å²) < 4.78 is 0.560.